The van der Waals surface area contributed by atoms with E-state index in [2.05, 4.69) is 52.0 Å². The van der Waals surface area contributed by atoms with Crippen LogP contribution in [0.25, 0.3) is 19.8 Å². The maximum atomic E-state index is 2.25. The van der Waals surface area contributed by atoms with E-state index in [1.54, 1.807) is 0 Å². The predicted molar refractivity (Wildman–Crippen MR) is 95.4 cm³/mol. The van der Waals surface area contributed by atoms with Crippen LogP contribution in [-0.2, 0) is 0 Å². The molecule has 0 amide bonds. The molecule has 0 N–H and O–H groups in total. The van der Waals surface area contributed by atoms with Gasteiger partial charge in [-0.3, -0.25) is 0 Å². The van der Waals surface area contributed by atoms with Crippen molar-refractivity contribution in [1.29, 1.82) is 0 Å². The van der Waals surface area contributed by atoms with Crippen molar-refractivity contribution >= 4 is 32.1 Å². The first-order valence-electron chi connectivity index (χ1n) is 7.14. The smallest absolute Gasteiger partial charge is 0.0491 e. The van der Waals surface area contributed by atoms with Crippen LogP contribution in [0.2, 0.25) is 0 Å². The molecule has 0 radical (unpaired) electrons. The Labute approximate surface area is 130 Å². The molecule has 2 heterocycles. The minimum atomic E-state index is 1.32. The summed E-state index contributed by atoms with van der Waals surface area (Å²) in [6, 6.07) is 8.86. The van der Waals surface area contributed by atoms with E-state index >= 15 is 0 Å². The van der Waals surface area contributed by atoms with Gasteiger partial charge in [0.15, 0.2) is 0 Å². The first-order valence-corrected chi connectivity index (χ1v) is 8.77. The summed E-state index contributed by atoms with van der Waals surface area (Å²) in [6.07, 6.45) is 0. The summed E-state index contributed by atoms with van der Waals surface area (Å²) in [6.45, 7) is 12.8. The fourth-order valence-corrected chi connectivity index (χ4v) is 4.94. The second-order valence-electron chi connectivity index (χ2n) is 4.86. The van der Waals surface area contributed by atoms with Crippen LogP contribution < -0.4 is 0 Å². The first-order chi connectivity index (χ1) is 9.58. The molecule has 106 valence electrons. The zero-order chi connectivity index (χ0) is 14.9. The van der Waals surface area contributed by atoms with Crippen LogP contribution in [0.4, 0.5) is 0 Å². The SMILES string of the molecule is CC.Cc1ccc(-c2sc3c(C)c(C)sc3c2C)cc1. The van der Waals surface area contributed by atoms with Gasteiger partial charge in [0.05, 0.1) is 0 Å². The number of hydrogen-bond donors (Lipinski definition) is 0. The highest BCUT2D eigenvalue weighted by atomic mass is 32.1. The Hall–Kier alpha value is -1.12. The Bertz CT molecular complexity index is 712. The zero-order valence-electron chi connectivity index (χ0n) is 13.1. The maximum Gasteiger partial charge on any atom is 0.0491 e. The molecule has 0 spiro atoms. The van der Waals surface area contributed by atoms with E-state index in [0.717, 1.165) is 0 Å². The molecule has 3 rings (SSSR count). The molecule has 2 heteroatoms. The van der Waals surface area contributed by atoms with Crippen molar-refractivity contribution in [3.63, 3.8) is 0 Å². The largest absolute Gasteiger partial charge is 0.139 e. The van der Waals surface area contributed by atoms with Crippen LogP contribution in [0.3, 0.4) is 0 Å². The minimum Gasteiger partial charge on any atom is -0.139 e. The van der Waals surface area contributed by atoms with Gasteiger partial charge in [0.1, 0.15) is 0 Å². The molecule has 0 aliphatic rings. The first kappa shape index (κ1) is 15.3. The van der Waals surface area contributed by atoms with Crippen LogP contribution in [0.5, 0.6) is 0 Å². The van der Waals surface area contributed by atoms with Gasteiger partial charge in [0.2, 0.25) is 0 Å². The minimum absolute atomic E-state index is 1.32. The van der Waals surface area contributed by atoms with Gasteiger partial charge >= 0.3 is 0 Å². The molecular formula is C18H22S2. The molecule has 20 heavy (non-hydrogen) atoms. The average molecular weight is 303 g/mol. The third-order valence-corrected chi connectivity index (χ3v) is 6.45. The van der Waals surface area contributed by atoms with E-state index in [1.165, 1.54) is 41.4 Å². The van der Waals surface area contributed by atoms with E-state index in [0.29, 0.717) is 0 Å². The van der Waals surface area contributed by atoms with Crippen molar-refractivity contribution in [1.82, 2.24) is 0 Å². The molecule has 1 aromatic carbocycles. The molecule has 0 nitrogen and oxygen atoms in total. The third-order valence-electron chi connectivity index (χ3n) is 3.53. The summed E-state index contributed by atoms with van der Waals surface area (Å²) in [5.74, 6) is 0. The predicted octanol–water partition coefficient (Wildman–Crippen LogP) is 6.89. The van der Waals surface area contributed by atoms with Gasteiger partial charge < -0.3 is 0 Å². The van der Waals surface area contributed by atoms with Gasteiger partial charge in [-0.05, 0) is 44.4 Å². The van der Waals surface area contributed by atoms with Gasteiger partial charge in [-0.2, -0.15) is 0 Å². The maximum absolute atomic E-state index is 2.25. The quantitative estimate of drug-likeness (QED) is 0.459. The molecule has 0 unspecified atom stereocenters. The summed E-state index contributed by atoms with van der Waals surface area (Å²) < 4.78 is 2.95. The third kappa shape index (κ3) is 2.55. The van der Waals surface area contributed by atoms with Crippen molar-refractivity contribution in [2.75, 3.05) is 0 Å². The molecular weight excluding hydrogens is 280 g/mol. The fourth-order valence-electron chi connectivity index (χ4n) is 2.24. The zero-order valence-corrected chi connectivity index (χ0v) is 14.8. The van der Waals surface area contributed by atoms with E-state index < -0.39 is 0 Å². The lowest BCUT2D eigenvalue weighted by atomic mass is 10.1. The normalized spacial score (nSPS) is 10.5. The molecule has 0 aliphatic carbocycles. The summed E-state index contributed by atoms with van der Waals surface area (Å²) in [7, 11) is 0. The molecule has 0 saturated carbocycles. The Morgan fingerprint density at radius 3 is 1.80 bits per heavy atom. The van der Waals surface area contributed by atoms with Crippen molar-refractivity contribution in [3.8, 4) is 10.4 Å². The molecule has 0 fully saturated rings. The molecule has 2 aromatic heterocycles. The second-order valence-corrected chi connectivity index (χ2v) is 7.11. The highest BCUT2D eigenvalue weighted by Gasteiger charge is 2.15. The van der Waals surface area contributed by atoms with Gasteiger partial charge in [0, 0.05) is 19.2 Å². The Morgan fingerprint density at radius 1 is 0.700 bits per heavy atom. The Kier molecular flexibility index (Phi) is 4.66. The highest BCUT2D eigenvalue weighted by Crippen LogP contribution is 2.44. The number of thiophene rings is 2. The Morgan fingerprint density at radius 2 is 1.25 bits per heavy atom. The van der Waals surface area contributed by atoms with Crippen molar-refractivity contribution in [3.05, 3.63) is 45.8 Å². The number of rotatable bonds is 1. The monoisotopic (exact) mass is 302 g/mol. The molecule has 0 aliphatic heterocycles. The molecule has 0 bridgehead atoms. The average Bonchev–Trinajstić information content (AvgIpc) is 2.93. The van der Waals surface area contributed by atoms with E-state index in [1.807, 2.05) is 36.5 Å². The summed E-state index contributed by atoms with van der Waals surface area (Å²) in [5.41, 5.74) is 5.58. The standard InChI is InChI=1S/C16H16S2.C2H6/c1-9-5-7-13(8-6-9)14-11(3)16-15(18-14)10(2)12(4)17-16;1-2/h5-8H,1-4H3;1-2H3. The lowest BCUT2D eigenvalue weighted by molar-refractivity contribution is 1.47. The summed E-state index contributed by atoms with van der Waals surface area (Å²) >= 11 is 3.88. The van der Waals surface area contributed by atoms with E-state index in [-0.39, 0.29) is 0 Å². The van der Waals surface area contributed by atoms with Gasteiger partial charge in [-0.1, -0.05) is 43.7 Å². The van der Waals surface area contributed by atoms with Crippen LogP contribution in [0, 0.1) is 27.7 Å². The van der Waals surface area contributed by atoms with Crippen LogP contribution >= 0.6 is 22.7 Å². The van der Waals surface area contributed by atoms with Crippen molar-refractivity contribution in [2.24, 2.45) is 0 Å². The van der Waals surface area contributed by atoms with Gasteiger partial charge in [-0.25, -0.2) is 0 Å². The second kappa shape index (κ2) is 6.11. The van der Waals surface area contributed by atoms with Crippen molar-refractivity contribution < 1.29 is 0 Å². The van der Waals surface area contributed by atoms with Gasteiger partial charge in [0.25, 0.3) is 0 Å². The molecule has 0 atom stereocenters. The number of benzene rings is 1. The van der Waals surface area contributed by atoms with Gasteiger partial charge in [-0.15, -0.1) is 22.7 Å². The lowest BCUT2D eigenvalue weighted by Gasteiger charge is -2.00. The number of aryl methyl sites for hydroxylation is 4. The van der Waals surface area contributed by atoms with Crippen LogP contribution in [-0.4, -0.2) is 0 Å². The molecule has 3 aromatic rings. The topological polar surface area (TPSA) is 0 Å². The van der Waals surface area contributed by atoms with Crippen LogP contribution in [0.1, 0.15) is 35.4 Å². The fraction of sp³-hybridized carbons (Fsp3) is 0.333. The van der Waals surface area contributed by atoms with Crippen molar-refractivity contribution in [2.45, 2.75) is 41.5 Å². The summed E-state index contributed by atoms with van der Waals surface area (Å²) in [4.78, 5) is 2.88. The number of hydrogen-bond acceptors (Lipinski definition) is 2. The van der Waals surface area contributed by atoms with Crippen LogP contribution in [0.15, 0.2) is 24.3 Å². The van der Waals surface area contributed by atoms with E-state index in [4.69, 9.17) is 0 Å². The highest BCUT2D eigenvalue weighted by molar-refractivity contribution is 7.30. The molecule has 0 saturated heterocycles. The number of fused-ring (bicyclic) bond motifs is 1. The van der Waals surface area contributed by atoms with E-state index in [9.17, 15) is 0 Å². The summed E-state index contributed by atoms with van der Waals surface area (Å²) in [5, 5.41) is 0. The Balaban J connectivity index is 0.000000704. The lowest BCUT2D eigenvalue weighted by Crippen LogP contribution is -1.76.